The molecule has 1 amide bonds. The summed E-state index contributed by atoms with van der Waals surface area (Å²) in [7, 11) is 0. The Morgan fingerprint density at radius 1 is 1.33 bits per heavy atom. The molecule has 0 radical (unpaired) electrons. The Labute approximate surface area is 121 Å². The maximum atomic E-state index is 13.3. The number of hydrogen-bond acceptors (Lipinski definition) is 4. The van der Waals surface area contributed by atoms with Crippen LogP contribution in [0.15, 0.2) is 18.2 Å². The largest absolute Gasteiger partial charge is 0.326 e. The normalized spacial score (nSPS) is 17.2. The van der Waals surface area contributed by atoms with Crippen LogP contribution < -0.4 is 11.1 Å². The number of nitro groups is 1. The van der Waals surface area contributed by atoms with Gasteiger partial charge < -0.3 is 11.1 Å². The Morgan fingerprint density at radius 2 is 2.00 bits per heavy atom. The van der Waals surface area contributed by atoms with Crippen molar-refractivity contribution in [3.8, 4) is 0 Å². The van der Waals surface area contributed by atoms with E-state index < -0.39 is 22.0 Å². The number of amides is 1. The van der Waals surface area contributed by atoms with Crippen molar-refractivity contribution in [3.05, 3.63) is 34.1 Å². The molecule has 0 aliphatic heterocycles. The number of non-ortho nitro benzene ring substituents is 1. The standard InChI is InChI=1S/C14H18FN3O3/c15-10-6-11(8-12(7-10)18(20)21)17-13(19)9-14(16)4-2-1-3-5-14/h6-8H,1-5,9,16H2,(H,17,19). The predicted molar refractivity (Wildman–Crippen MR) is 76.3 cm³/mol. The molecule has 0 heterocycles. The summed E-state index contributed by atoms with van der Waals surface area (Å²) in [6.07, 6.45) is 4.81. The van der Waals surface area contributed by atoms with Gasteiger partial charge in [-0.3, -0.25) is 14.9 Å². The van der Waals surface area contributed by atoms with Crippen molar-refractivity contribution >= 4 is 17.3 Å². The lowest BCUT2D eigenvalue weighted by molar-refractivity contribution is -0.385. The van der Waals surface area contributed by atoms with Crippen molar-refractivity contribution in [2.75, 3.05) is 5.32 Å². The summed E-state index contributed by atoms with van der Waals surface area (Å²) in [6, 6.07) is 2.99. The number of hydrogen-bond donors (Lipinski definition) is 2. The molecule has 1 aliphatic carbocycles. The van der Waals surface area contributed by atoms with E-state index in [0.717, 1.165) is 50.3 Å². The highest BCUT2D eigenvalue weighted by Crippen LogP contribution is 2.29. The Hall–Kier alpha value is -2.02. The maximum absolute atomic E-state index is 13.3. The molecule has 1 aromatic carbocycles. The number of nitrogens with one attached hydrogen (secondary N) is 1. The van der Waals surface area contributed by atoms with Gasteiger partial charge in [0.1, 0.15) is 5.82 Å². The highest BCUT2D eigenvalue weighted by molar-refractivity contribution is 5.91. The number of nitrogens with zero attached hydrogens (tertiary/aromatic N) is 1. The van der Waals surface area contributed by atoms with Crippen LogP contribution in [0.25, 0.3) is 0 Å². The Balaban J connectivity index is 2.04. The van der Waals surface area contributed by atoms with Crippen molar-refractivity contribution in [2.24, 2.45) is 5.73 Å². The third kappa shape index (κ3) is 4.22. The Bertz CT molecular complexity index is 556. The SMILES string of the molecule is NC1(CC(=O)Nc2cc(F)cc([N+](=O)[O-])c2)CCCCC1. The van der Waals surface area contributed by atoms with Gasteiger partial charge >= 0.3 is 0 Å². The monoisotopic (exact) mass is 295 g/mol. The summed E-state index contributed by atoms with van der Waals surface area (Å²) in [5, 5.41) is 13.2. The van der Waals surface area contributed by atoms with E-state index >= 15 is 0 Å². The van der Waals surface area contributed by atoms with Crippen LogP contribution in [0.3, 0.4) is 0 Å². The predicted octanol–water partition coefficient (Wildman–Crippen LogP) is 2.72. The highest BCUT2D eigenvalue weighted by Gasteiger charge is 2.30. The molecule has 0 saturated heterocycles. The molecule has 7 heteroatoms. The third-order valence-corrected chi connectivity index (χ3v) is 3.74. The average molecular weight is 295 g/mol. The number of halogens is 1. The van der Waals surface area contributed by atoms with E-state index in [1.54, 1.807) is 0 Å². The summed E-state index contributed by atoms with van der Waals surface area (Å²) < 4.78 is 13.3. The molecule has 114 valence electrons. The number of anilines is 1. The molecule has 1 aliphatic rings. The van der Waals surface area contributed by atoms with E-state index in [-0.39, 0.29) is 18.0 Å². The summed E-state index contributed by atoms with van der Waals surface area (Å²) in [6.45, 7) is 0. The molecular formula is C14H18FN3O3. The van der Waals surface area contributed by atoms with Crippen molar-refractivity contribution in [1.82, 2.24) is 0 Å². The van der Waals surface area contributed by atoms with Gasteiger partial charge in [-0.05, 0) is 18.9 Å². The third-order valence-electron chi connectivity index (χ3n) is 3.74. The lowest BCUT2D eigenvalue weighted by Crippen LogP contribution is -2.44. The highest BCUT2D eigenvalue weighted by atomic mass is 19.1. The number of nitrogens with two attached hydrogens (primary N) is 1. The number of carbonyl (C=O) groups is 1. The molecule has 6 nitrogen and oxygen atoms in total. The minimum absolute atomic E-state index is 0.0751. The molecule has 0 bridgehead atoms. The van der Waals surface area contributed by atoms with Crippen molar-refractivity contribution < 1.29 is 14.1 Å². The molecule has 1 saturated carbocycles. The zero-order valence-electron chi connectivity index (χ0n) is 11.6. The Kier molecular flexibility index (Phi) is 4.52. The minimum Gasteiger partial charge on any atom is -0.326 e. The maximum Gasteiger partial charge on any atom is 0.274 e. The summed E-state index contributed by atoms with van der Waals surface area (Å²) in [5.74, 6) is -1.11. The second-order valence-corrected chi connectivity index (χ2v) is 5.60. The quantitative estimate of drug-likeness (QED) is 0.659. The minimum atomic E-state index is -0.764. The molecule has 0 atom stereocenters. The van der Waals surface area contributed by atoms with Gasteiger partial charge in [-0.25, -0.2) is 4.39 Å². The first-order chi connectivity index (χ1) is 9.88. The average Bonchev–Trinajstić information content (AvgIpc) is 2.37. The van der Waals surface area contributed by atoms with Crippen LogP contribution in [-0.2, 0) is 4.79 Å². The van der Waals surface area contributed by atoms with Crippen molar-refractivity contribution in [2.45, 2.75) is 44.1 Å². The summed E-state index contributed by atoms with van der Waals surface area (Å²) in [5.41, 5.74) is 5.33. The number of rotatable bonds is 4. The zero-order valence-corrected chi connectivity index (χ0v) is 11.6. The molecule has 1 aromatic rings. The topological polar surface area (TPSA) is 98.3 Å². The molecule has 0 unspecified atom stereocenters. The number of nitro benzene ring substituents is 1. The van der Waals surface area contributed by atoms with Crippen LogP contribution in [0.5, 0.6) is 0 Å². The van der Waals surface area contributed by atoms with Crippen LogP contribution in [0.1, 0.15) is 38.5 Å². The molecule has 1 fully saturated rings. The van der Waals surface area contributed by atoms with Gasteiger partial charge in [-0.15, -0.1) is 0 Å². The van der Waals surface area contributed by atoms with Crippen LogP contribution in [0.2, 0.25) is 0 Å². The van der Waals surface area contributed by atoms with Crippen molar-refractivity contribution in [3.63, 3.8) is 0 Å². The first kappa shape index (κ1) is 15.4. The van der Waals surface area contributed by atoms with E-state index in [4.69, 9.17) is 5.73 Å². The molecule has 0 aromatic heterocycles. The second-order valence-electron chi connectivity index (χ2n) is 5.60. The van der Waals surface area contributed by atoms with Gasteiger partial charge in [0.2, 0.25) is 5.91 Å². The summed E-state index contributed by atoms with van der Waals surface area (Å²) in [4.78, 5) is 22.0. The molecule has 21 heavy (non-hydrogen) atoms. The van der Waals surface area contributed by atoms with Crippen LogP contribution in [0.4, 0.5) is 15.8 Å². The van der Waals surface area contributed by atoms with Gasteiger partial charge in [0.05, 0.1) is 16.7 Å². The van der Waals surface area contributed by atoms with E-state index in [0.29, 0.717) is 0 Å². The summed E-state index contributed by atoms with van der Waals surface area (Å²) >= 11 is 0. The fourth-order valence-electron chi connectivity index (χ4n) is 2.71. The van der Waals surface area contributed by atoms with E-state index in [2.05, 4.69) is 5.32 Å². The number of benzene rings is 1. The van der Waals surface area contributed by atoms with Crippen LogP contribution in [-0.4, -0.2) is 16.4 Å². The first-order valence-electron chi connectivity index (χ1n) is 6.92. The first-order valence-corrected chi connectivity index (χ1v) is 6.92. The van der Waals surface area contributed by atoms with Gasteiger partial charge in [-0.1, -0.05) is 19.3 Å². The molecular weight excluding hydrogens is 277 g/mol. The van der Waals surface area contributed by atoms with Gasteiger partial charge in [-0.2, -0.15) is 0 Å². The van der Waals surface area contributed by atoms with Gasteiger partial charge in [0, 0.05) is 18.0 Å². The van der Waals surface area contributed by atoms with Crippen molar-refractivity contribution in [1.29, 1.82) is 0 Å². The van der Waals surface area contributed by atoms with Crippen LogP contribution in [0, 0.1) is 15.9 Å². The second kappa shape index (κ2) is 6.17. The fourth-order valence-corrected chi connectivity index (χ4v) is 2.71. The van der Waals surface area contributed by atoms with E-state index in [1.807, 2.05) is 0 Å². The lowest BCUT2D eigenvalue weighted by Gasteiger charge is -2.32. The Morgan fingerprint density at radius 3 is 2.62 bits per heavy atom. The van der Waals surface area contributed by atoms with Crippen LogP contribution >= 0.6 is 0 Å². The molecule has 3 N–H and O–H groups in total. The fraction of sp³-hybridized carbons (Fsp3) is 0.500. The van der Waals surface area contributed by atoms with E-state index in [1.165, 1.54) is 0 Å². The lowest BCUT2D eigenvalue weighted by atomic mass is 9.80. The number of carbonyl (C=O) groups excluding carboxylic acids is 1. The van der Waals surface area contributed by atoms with E-state index in [9.17, 15) is 19.3 Å². The van der Waals surface area contributed by atoms with Gasteiger partial charge in [0.15, 0.2) is 0 Å². The van der Waals surface area contributed by atoms with Gasteiger partial charge in [0.25, 0.3) is 5.69 Å². The smallest absolute Gasteiger partial charge is 0.274 e. The molecule has 0 spiro atoms. The molecule has 2 rings (SSSR count). The zero-order chi connectivity index (χ0) is 15.5.